The normalized spacial score (nSPS) is 23.4. The molecule has 10 heteroatoms. The minimum Gasteiger partial charge on any atom is -0.379 e. The number of benzene rings is 1. The van der Waals surface area contributed by atoms with Crippen molar-refractivity contribution in [3.05, 3.63) is 53.2 Å². The summed E-state index contributed by atoms with van der Waals surface area (Å²) in [4.78, 5) is 9.11. The number of hydrogen-bond acceptors (Lipinski definition) is 7. The number of anilines is 1. The average Bonchev–Trinajstić information content (AvgIpc) is 3.10. The Hall–Kier alpha value is -1.75. The van der Waals surface area contributed by atoms with Crippen LogP contribution in [0, 0.1) is 5.92 Å². The van der Waals surface area contributed by atoms with E-state index in [0.717, 1.165) is 51.5 Å². The van der Waals surface area contributed by atoms with Crippen molar-refractivity contribution in [2.45, 2.75) is 17.4 Å². The Morgan fingerprint density at radius 3 is 2.56 bits per heavy atom. The van der Waals surface area contributed by atoms with Gasteiger partial charge >= 0.3 is 0 Å². The molecule has 0 saturated carbocycles. The summed E-state index contributed by atoms with van der Waals surface area (Å²) >= 11 is 6.23. The number of nitrogens with zero attached hydrogens (tertiary/aromatic N) is 4. The highest BCUT2D eigenvalue weighted by molar-refractivity contribution is 7.89. The van der Waals surface area contributed by atoms with E-state index in [9.17, 15) is 8.42 Å². The number of aromatic nitrogens is 1. The van der Waals surface area contributed by atoms with Crippen LogP contribution in [-0.4, -0.2) is 88.2 Å². The number of halogens is 1. The molecule has 184 valence electrons. The largest absolute Gasteiger partial charge is 0.379 e. The van der Waals surface area contributed by atoms with Crippen molar-refractivity contribution in [3.63, 3.8) is 0 Å². The summed E-state index contributed by atoms with van der Waals surface area (Å²) in [5, 5.41) is 0.318. The molecule has 5 rings (SSSR count). The van der Waals surface area contributed by atoms with E-state index >= 15 is 0 Å². The monoisotopic (exact) mass is 506 g/mol. The minimum absolute atomic E-state index is 0.179. The van der Waals surface area contributed by atoms with Gasteiger partial charge in [0.15, 0.2) is 0 Å². The van der Waals surface area contributed by atoms with Gasteiger partial charge in [0.25, 0.3) is 0 Å². The third kappa shape index (κ3) is 5.24. The van der Waals surface area contributed by atoms with E-state index in [1.54, 1.807) is 0 Å². The van der Waals surface area contributed by atoms with Crippen molar-refractivity contribution in [2.75, 3.05) is 70.5 Å². The van der Waals surface area contributed by atoms with Crippen LogP contribution in [0.25, 0.3) is 0 Å². The van der Waals surface area contributed by atoms with Gasteiger partial charge < -0.3 is 14.4 Å². The first-order chi connectivity index (χ1) is 16.5. The lowest BCUT2D eigenvalue weighted by atomic mass is 9.99. The van der Waals surface area contributed by atoms with E-state index in [1.165, 1.54) is 16.6 Å². The Bertz CT molecular complexity index is 1080. The fourth-order valence-electron chi connectivity index (χ4n) is 4.87. The summed E-state index contributed by atoms with van der Waals surface area (Å²) in [6.45, 7) is 7.20. The summed E-state index contributed by atoms with van der Waals surface area (Å²) in [6, 6.07) is 11.3. The first kappa shape index (κ1) is 24.0. The zero-order chi connectivity index (χ0) is 23.5. The Balaban J connectivity index is 1.34. The van der Waals surface area contributed by atoms with E-state index < -0.39 is 10.0 Å². The summed E-state index contributed by atoms with van der Waals surface area (Å²) in [5.74, 6) is 0.976. The van der Waals surface area contributed by atoms with Gasteiger partial charge in [0.05, 0.1) is 24.3 Å². The van der Waals surface area contributed by atoms with E-state index in [2.05, 4.69) is 14.8 Å². The van der Waals surface area contributed by atoms with Crippen molar-refractivity contribution in [3.8, 4) is 0 Å². The van der Waals surface area contributed by atoms with Crippen LogP contribution in [0.1, 0.15) is 18.1 Å². The lowest BCUT2D eigenvalue weighted by Gasteiger charge is -2.43. The highest BCUT2D eigenvalue weighted by Crippen LogP contribution is 2.34. The Morgan fingerprint density at radius 1 is 1.03 bits per heavy atom. The molecule has 0 N–H and O–H groups in total. The molecule has 0 aliphatic carbocycles. The van der Waals surface area contributed by atoms with Crippen molar-refractivity contribution in [1.82, 2.24) is 14.2 Å². The first-order valence-corrected chi connectivity index (χ1v) is 13.7. The second-order valence-corrected chi connectivity index (χ2v) is 11.5. The quantitative estimate of drug-likeness (QED) is 0.596. The standard InChI is InChI=1S/C24H31ClN4O4S/c25-21-13-23(24(26-14-21)28-16-19(17-28)15-27-8-11-32-12-9-27)34(30,31)29-7-4-10-33-22(18-29)20-5-2-1-3-6-20/h1-3,5-6,13-14,19,22H,4,7-12,15-18H2. The predicted octanol–water partition coefficient (Wildman–Crippen LogP) is 2.66. The van der Waals surface area contributed by atoms with E-state index in [0.29, 0.717) is 36.3 Å². The number of pyridine rings is 1. The van der Waals surface area contributed by atoms with Gasteiger partial charge in [-0.05, 0) is 18.1 Å². The van der Waals surface area contributed by atoms with Gasteiger partial charge in [-0.25, -0.2) is 13.4 Å². The predicted molar refractivity (Wildman–Crippen MR) is 131 cm³/mol. The molecule has 0 amide bonds. The van der Waals surface area contributed by atoms with Crippen LogP contribution in [0.3, 0.4) is 0 Å². The van der Waals surface area contributed by atoms with E-state index in [4.69, 9.17) is 21.1 Å². The molecule has 0 radical (unpaired) electrons. The summed E-state index contributed by atoms with van der Waals surface area (Å²) in [5.41, 5.74) is 0.975. The maximum atomic E-state index is 13.9. The highest BCUT2D eigenvalue weighted by atomic mass is 35.5. The SMILES string of the molecule is O=S(=O)(c1cc(Cl)cnc1N1CC(CN2CCOCC2)C1)N1CCCOC(c2ccccc2)C1. The maximum Gasteiger partial charge on any atom is 0.246 e. The van der Waals surface area contributed by atoms with Gasteiger partial charge in [0.2, 0.25) is 10.0 Å². The van der Waals surface area contributed by atoms with Gasteiger partial charge in [-0.1, -0.05) is 41.9 Å². The van der Waals surface area contributed by atoms with E-state index in [-0.39, 0.29) is 17.5 Å². The molecule has 1 atom stereocenters. The Kier molecular flexibility index (Phi) is 7.38. The lowest BCUT2D eigenvalue weighted by Crippen LogP contribution is -2.53. The molecule has 1 aromatic heterocycles. The molecule has 3 fully saturated rings. The summed E-state index contributed by atoms with van der Waals surface area (Å²) in [6.07, 6.45) is 1.86. The third-order valence-corrected chi connectivity index (χ3v) is 8.78. The second kappa shape index (κ2) is 10.5. The van der Waals surface area contributed by atoms with Gasteiger partial charge in [0.1, 0.15) is 10.7 Å². The summed E-state index contributed by atoms with van der Waals surface area (Å²) < 4.78 is 40.7. The average molecular weight is 507 g/mol. The molecule has 1 aromatic carbocycles. The van der Waals surface area contributed by atoms with Crippen LogP contribution in [0.5, 0.6) is 0 Å². The highest BCUT2D eigenvalue weighted by Gasteiger charge is 2.37. The third-order valence-electron chi connectivity index (χ3n) is 6.71. The number of ether oxygens (including phenoxy) is 2. The van der Waals surface area contributed by atoms with Gasteiger partial charge in [0, 0.05) is 64.5 Å². The Morgan fingerprint density at radius 2 is 1.79 bits per heavy atom. The molecule has 34 heavy (non-hydrogen) atoms. The molecule has 4 heterocycles. The van der Waals surface area contributed by atoms with Crippen LogP contribution in [0.2, 0.25) is 5.02 Å². The number of sulfonamides is 1. The van der Waals surface area contributed by atoms with Crippen molar-refractivity contribution in [2.24, 2.45) is 5.92 Å². The first-order valence-electron chi connectivity index (χ1n) is 11.9. The van der Waals surface area contributed by atoms with Gasteiger partial charge in [-0.3, -0.25) is 4.90 Å². The van der Waals surface area contributed by atoms with Crippen LogP contribution < -0.4 is 4.90 Å². The molecule has 8 nitrogen and oxygen atoms in total. The van der Waals surface area contributed by atoms with Gasteiger partial charge in [-0.2, -0.15) is 4.31 Å². The van der Waals surface area contributed by atoms with E-state index in [1.807, 2.05) is 30.3 Å². The molecular weight excluding hydrogens is 476 g/mol. The van der Waals surface area contributed by atoms with Crippen molar-refractivity contribution < 1.29 is 17.9 Å². The molecular formula is C24H31ClN4O4S. The summed E-state index contributed by atoms with van der Waals surface area (Å²) in [7, 11) is -3.81. The van der Waals surface area contributed by atoms with Crippen LogP contribution in [0.4, 0.5) is 5.82 Å². The smallest absolute Gasteiger partial charge is 0.246 e. The fourth-order valence-corrected chi connectivity index (χ4v) is 6.76. The maximum absolute atomic E-state index is 13.9. The topological polar surface area (TPSA) is 75.2 Å². The number of rotatable bonds is 6. The van der Waals surface area contributed by atoms with Crippen molar-refractivity contribution in [1.29, 1.82) is 0 Å². The molecule has 0 spiro atoms. The zero-order valence-corrected chi connectivity index (χ0v) is 20.8. The van der Waals surface area contributed by atoms with Crippen LogP contribution >= 0.6 is 11.6 Å². The molecule has 0 bridgehead atoms. The minimum atomic E-state index is -3.81. The van der Waals surface area contributed by atoms with Gasteiger partial charge in [-0.15, -0.1) is 0 Å². The van der Waals surface area contributed by atoms with Crippen LogP contribution in [-0.2, 0) is 19.5 Å². The Labute approximate surface area is 206 Å². The molecule has 3 aliphatic heterocycles. The number of hydrogen-bond donors (Lipinski definition) is 0. The van der Waals surface area contributed by atoms with Crippen LogP contribution in [0.15, 0.2) is 47.5 Å². The van der Waals surface area contributed by atoms with Crippen molar-refractivity contribution >= 4 is 27.4 Å². The molecule has 3 saturated heterocycles. The fraction of sp³-hybridized carbons (Fsp3) is 0.542. The zero-order valence-electron chi connectivity index (χ0n) is 19.2. The number of morpholine rings is 1. The molecule has 2 aromatic rings. The molecule has 3 aliphatic rings. The molecule has 1 unspecified atom stereocenters. The lowest BCUT2D eigenvalue weighted by molar-refractivity contribution is 0.0285. The second-order valence-electron chi connectivity index (χ2n) is 9.15.